The maximum atomic E-state index is 6.16. The zero-order valence-electron chi connectivity index (χ0n) is 8.96. The van der Waals surface area contributed by atoms with Crippen molar-refractivity contribution in [1.82, 2.24) is 14.9 Å². The molecule has 15 heavy (non-hydrogen) atoms. The van der Waals surface area contributed by atoms with E-state index in [9.17, 15) is 0 Å². The minimum Gasteiger partial charge on any atom is -0.302 e. The number of likely N-dealkylation sites (N-methyl/N-ethyl adjacent to an activating group) is 1. The van der Waals surface area contributed by atoms with Crippen LogP contribution in [0.2, 0.25) is 5.15 Å². The highest BCUT2D eigenvalue weighted by Crippen LogP contribution is 2.25. The first-order valence-electron chi connectivity index (χ1n) is 5.07. The molecule has 0 spiro atoms. The van der Waals surface area contributed by atoms with Crippen molar-refractivity contribution in [2.45, 2.75) is 25.0 Å². The third kappa shape index (κ3) is 2.44. The third-order valence-corrected chi connectivity index (χ3v) is 3.50. The fraction of sp³-hybridized carbons (Fsp3) is 0.600. The number of nitrogens with zero attached hydrogens (tertiary/aromatic N) is 3. The van der Waals surface area contributed by atoms with Crippen molar-refractivity contribution < 1.29 is 0 Å². The third-order valence-electron chi connectivity index (χ3n) is 2.45. The molecule has 1 aliphatic rings. The lowest BCUT2D eigenvalue weighted by molar-refractivity contribution is 0.308. The maximum absolute atomic E-state index is 6.16. The predicted molar refractivity (Wildman–Crippen MR) is 63.5 cm³/mol. The van der Waals surface area contributed by atoms with Crippen molar-refractivity contribution in [2.24, 2.45) is 0 Å². The number of fused-ring (bicyclic) bond motifs is 1. The summed E-state index contributed by atoms with van der Waals surface area (Å²) < 4.78 is 0. The van der Waals surface area contributed by atoms with Crippen molar-refractivity contribution in [3.05, 3.63) is 16.4 Å². The standard InChI is InChI=1S/C10H14ClN3S/c1-3-15-10-12-8-4-5-14(2)6-7(8)9(11)13-10/h3-6H2,1-2H3. The van der Waals surface area contributed by atoms with E-state index in [2.05, 4.69) is 28.8 Å². The van der Waals surface area contributed by atoms with E-state index >= 15 is 0 Å². The minimum atomic E-state index is 0.627. The second kappa shape index (κ2) is 4.68. The monoisotopic (exact) mass is 243 g/mol. The summed E-state index contributed by atoms with van der Waals surface area (Å²) in [5, 5.41) is 1.44. The number of halogens is 1. The molecule has 0 fully saturated rings. The van der Waals surface area contributed by atoms with Gasteiger partial charge in [0.1, 0.15) is 5.15 Å². The molecule has 0 unspecified atom stereocenters. The van der Waals surface area contributed by atoms with E-state index < -0.39 is 0 Å². The molecular formula is C10H14ClN3S. The number of thioether (sulfide) groups is 1. The zero-order chi connectivity index (χ0) is 10.8. The molecule has 0 aliphatic carbocycles. The average molecular weight is 244 g/mol. The Kier molecular flexibility index (Phi) is 3.49. The van der Waals surface area contributed by atoms with Crippen molar-refractivity contribution in [3.63, 3.8) is 0 Å². The van der Waals surface area contributed by atoms with Crippen LogP contribution < -0.4 is 0 Å². The van der Waals surface area contributed by atoms with E-state index in [0.29, 0.717) is 5.15 Å². The Bertz CT molecular complexity index is 370. The lowest BCUT2D eigenvalue weighted by Crippen LogP contribution is -2.28. The van der Waals surface area contributed by atoms with Crippen molar-refractivity contribution in [2.75, 3.05) is 19.3 Å². The van der Waals surface area contributed by atoms with Crippen LogP contribution in [0.5, 0.6) is 0 Å². The molecule has 2 heterocycles. The van der Waals surface area contributed by atoms with Gasteiger partial charge in [-0.2, -0.15) is 0 Å². The molecule has 0 radical (unpaired) electrons. The number of rotatable bonds is 2. The average Bonchev–Trinajstić information content (AvgIpc) is 2.20. The highest BCUT2D eigenvalue weighted by molar-refractivity contribution is 7.99. The molecular weight excluding hydrogens is 230 g/mol. The van der Waals surface area contributed by atoms with Gasteiger partial charge >= 0.3 is 0 Å². The molecule has 0 N–H and O–H groups in total. The van der Waals surface area contributed by atoms with Crippen molar-refractivity contribution in [3.8, 4) is 0 Å². The van der Waals surface area contributed by atoms with E-state index in [1.165, 1.54) is 0 Å². The van der Waals surface area contributed by atoms with E-state index in [4.69, 9.17) is 11.6 Å². The second-order valence-electron chi connectivity index (χ2n) is 3.64. The molecule has 0 amide bonds. The van der Waals surface area contributed by atoms with Crippen LogP contribution in [-0.2, 0) is 13.0 Å². The van der Waals surface area contributed by atoms with Gasteiger partial charge in [0.05, 0.1) is 5.69 Å². The van der Waals surface area contributed by atoms with Gasteiger partial charge in [-0.1, -0.05) is 30.3 Å². The largest absolute Gasteiger partial charge is 0.302 e. The topological polar surface area (TPSA) is 29.0 Å². The van der Waals surface area contributed by atoms with Crippen LogP contribution in [-0.4, -0.2) is 34.2 Å². The molecule has 5 heteroatoms. The van der Waals surface area contributed by atoms with Gasteiger partial charge in [-0.3, -0.25) is 0 Å². The zero-order valence-corrected chi connectivity index (χ0v) is 10.5. The smallest absolute Gasteiger partial charge is 0.189 e. The summed E-state index contributed by atoms with van der Waals surface area (Å²) in [5.74, 6) is 0.981. The molecule has 0 bridgehead atoms. The van der Waals surface area contributed by atoms with E-state index in [1.807, 2.05) is 0 Å². The summed E-state index contributed by atoms with van der Waals surface area (Å²) in [7, 11) is 2.09. The first kappa shape index (κ1) is 11.2. The van der Waals surface area contributed by atoms with Gasteiger partial charge in [0, 0.05) is 25.1 Å². The van der Waals surface area contributed by atoms with Crippen LogP contribution in [0.3, 0.4) is 0 Å². The van der Waals surface area contributed by atoms with E-state index in [0.717, 1.165) is 41.7 Å². The Morgan fingerprint density at radius 1 is 1.47 bits per heavy atom. The summed E-state index contributed by atoms with van der Waals surface area (Å²) >= 11 is 7.80. The Hall–Kier alpha value is -0.320. The van der Waals surface area contributed by atoms with Gasteiger partial charge in [-0.25, -0.2) is 9.97 Å². The minimum absolute atomic E-state index is 0.627. The summed E-state index contributed by atoms with van der Waals surface area (Å²) in [6, 6.07) is 0. The molecule has 0 aromatic carbocycles. The highest BCUT2D eigenvalue weighted by Gasteiger charge is 2.19. The van der Waals surface area contributed by atoms with Gasteiger partial charge in [-0.05, 0) is 12.8 Å². The van der Waals surface area contributed by atoms with Crippen LogP contribution in [0.1, 0.15) is 18.2 Å². The molecule has 0 atom stereocenters. The normalized spacial score (nSPS) is 16.5. The number of hydrogen-bond acceptors (Lipinski definition) is 4. The van der Waals surface area contributed by atoms with Crippen LogP contribution in [0.4, 0.5) is 0 Å². The van der Waals surface area contributed by atoms with Gasteiger partial charge in [0.15, 0.2) is 5.16 Å². The quantitative estimate of drug-likeness (QED) is 0.453. The number of aromatic nitrogens is 2. The number of hydrogen-bond donors (Lipinski definition) is 0. The Balaban J connectivity index is 2.34. The van der Waals surface area contributed by atoms with Crippen molar-refractivity contribution >= 4 is 23.4 Å². The fourth-order valence-corrected chi connectivity index (χ4v) is 2.57. The van der Waals surface area contributed by atoms with E-state index in [1.54, 1.807) is 11.8 Å². The first-order chi connectivity index (χ1) is 7.20. The van der Waals surface area contributed by atoms with Crippen molar-refractivity contribution in [1.29, 1.82) is 0 Å². The summed E-state index contributed by atoms with van der Waals surface area (Å²) in [4.78, 5) is 11.1. The molecule has 1 aromatic rings. The van der Waals surface area contributed by atoms with Gasteiger partial charge < -0.3 is 4.90 Å². The molecule has 0 saturated heterocycles. The second-order valence-corrected chi connectivity index (χ2v) is 5.23. The summed E-state index contributed by atoms with van der Waals surface area (Å²) in [6.07, 6.45) is 0.978. The van der Waals surface area contributed by atoms with Gasteiger partial charge in [0.25, 0.3) is 0 Å². The van der Waals surface area contributed by atoms with Crippen LogP contribution in [0.25, 0.3) is 0 Å². The maximum Gasteiger partial charge on any atom is 0.189 e. The van der Waals surface area contributed by atoms with Crippen LogP contribution >= 0.6 is 23.4 Å². The lowest BCUT2D eigenvalue weighted by atomic mass is 10.1. The lowest BCUT2D eigenvalue weighted by Gasteiger charge is -2.24. The molecule has 3 nitrogen and oxygen atoms in total. The molecule has 82 valence electrons. The Morgan fingerprint density at radius 2 is 2.27 bits per heavy atom. The molecule has 1 aromatic heterocycles. The predicted octanol–water partition coefficient (Wildman–Crippen LogP) is 2.23. The molecule has 2 rings (SSSR count). The molecule has 0 saturated carbocycles. The highest BCUT2D eigenvalue weighted by atomic mass is 35.5. The summed E-state index contributed by atoms with van der Waals surface area (Å²) in [5.41, 5.74) is 2.23. The van der Waals surface area contributed by atoms with Crippen LogP contribution in [0, 0.1) is 0 Å². The molecule has 1 aliphatic heterocycles. The fourth-order valence-electron chi connectivity index (χ4n) is 1.68. The van der Waals surface area contributed by atoms with Crippen LogP contribution in [0.15, 0.2) is 5.16 Å². The first-order valence-corrected chi connectivity index (χ1v) is 6.43. The van der Waals surface area contributed by atoms with E-state index in [-0.39, 0.29) is 0 Å². The Labute approximate surface area is 99.2 Å². The summed E-state index contributed by atoms with van der Waals surface area (Å²) in [6.45, 7) is 4.01. The Morgan fingerprint density at radius 3 is 3.00 bits per heavy atom. The van der Waals surface area contributed by atoms with Gasteiger partial charge in [-0.15, -0.1) is 0 Å². The SMILES string of the molecule is CCSc1nc(Cl)c2c(n1)CCN(C)C2. The van der Waals surface area contributed by atoms with Gasteiger partial charge in [0.2, 0.25) is 0 Å².